The molecule has 9 nitrogen and oxygen atoms in total. The fourth-order valence-corrected chi connectivity index (χ4v) is 6.70. The summed E-state index contributed by atoms with van der Waals surface area (Å²) in [5, 5.41) is 11.7. The maximum Gasteiger partial charge on any atom is 0.338 e. The molecule has 1 N–H and O–H groups in total. The highest BCUT2D eigenvalue weighted by molar-refractivity contribution is 5.91. The van der Waals surface area contributed by atoms with Gasteiger partial charge in [0.25, 0.3) is 0 Å². The van der Waals surface area contributed by atoms with Crippen LogP contribution >= 0.6 is 0 Å². The first-order valence-electron chi connectivity index (χ1n) is 17.9. The van der Waals surface area contributed by atoms with Crippen molar-refractivity contribution in [2.75, 3.05) is 6.61 Å². The van der Waals surface area contributed by atoms with Crippen molar-refractivity contribution in [3.8, 4) is 0 Å². The first-order valence-corrected chi connectivity index (χ1v) is 17.9. The molecule has 0 aliphatic carbocycles. The van der Waals surface area contributed by atoms with Crippen LogP contribution in [0.15, 0.2) is 182 Å². The van der Waals surface area contributed by atoms with E-state index in [0.29, 0.717) is 0 Å². The normalized spacial score (nSPS) is 19.5. The molecule has 276 valence electrons. The SMILES string of the molecule is O=C(O[C@H]1[C@H](OC(=O)c2ccccc2)[C@@H](OC(=O)c2ccccc2)C(O)O[C@@H]1COC(c1ccccc1)(c1ccccc1)c1ccccc1)c1ccccc1. The highest BCUT2D eigenvalue weighted by atomic mass is 16.7. The first kappa shape index (κ1) is 36.9. The average molecular weight is 735 g/mol. The molecule has 0 bridgehead atoms. The minimum absolute atomic E-state index is 0.185. The van der Waals surface area contributed by atoms with Crippen molar-refractivity contribution in [2.24, 2.45) is 0 Å². The van der Waals surface area contributed by atoms with Gasteiger partial charge in [-0.05, 0) is 53.1 Å². The second-order valence-electron chi connectivity index (χ2n) is 12.9. The molecule has 1 saturated heterocycles. The van der Waals surface area contributed by atoms with Gasteiger partial charge in [0.1, 0.15) is 11.7 Å². The van der Waals surface area contributed by atoms with Gasteiger partial charge in [-0.25, -0.2) is 14.4 Å². The van der Waals surface area contributed by atoms with Crippen LogP contribution in [0.3, 0.4) is 0 Å². The van der Waals surface area contributed by atoms with Crippen LogP contribution in [0.4, 0.5) is 0 Å². The Labute approximate surface area is 318 Å². The van der Waals surface area contributed by atoms with E-state index in [0.717, 1.165) is 16.7 Å². The van der Waals surface area contributed by atoms with Gasteiger partial charge in [-0.3, -0.25) is 0 Å². The maximum atomic E-state index is 13.8. The van der Waals surface area contributed by atoms with Crippen LogP contribution < -0.4 is 0 Å². The Kier molecular flexibility index (Phi) is 11.5. The van der Waals surface area contributed by atoms with Gasteiger partial charge in [0.05, 0.1) is 23.3 Å². The van der Waals surface area contributed by atoms with E-state index in [1.54, 1.807) is 91.0 Å². The zero-order valence-corrected chi connectivity index (χ0v) is 29.6. The number of hydrogen-bond acceptors (Lipinski definition) is 9. The predicted molar refractivity (Wildman–Crippen MR) is 203 cm³/mol. The Balaban J connectivity index is 1.31. The van der Waals surface area contributed by atoms with E-state index in [2.05, 4.69) is 0 Å². The summed E-state index contributed by atoms with van der Waals surface area (Å²) in [6.45, 7) is -0.290. The molecule has 0 spiro atoms. The van der Waals surface area contributed by atoms with Crippen molar-refractivity contribution in [2.45, 2.75) is 36.3 Å². The molecule has 1 aliphatic heterocycles. The van der Waals surface area contributed by atoms with Crippen molar-refractivity contribution in [1.29, 1.82) is 0 Å². The summed E-state index contributed by atoms with van der Waals surface area (Å²) >= 11 is 0. The number of aliphatic hydroxyl groups excluding tert-OH is 1. The molecule has 0 aromatic heterocycles. The number of rotatable bonds is 12. The highest BCUT2D eigenvalue weighted by Gasteiger charge is 2.53. The standard InChI is InChI=1S/C46H38O9/c47-42(32-19-7-1-8-20-32)53-39-38(31-51-46(35-25-13-4-14-26-35,36-27-15-5-16-28-36)37-29-17-6-18-30-37)52-45(50)41(55-44(49)34-23-11-3-12-24-34)40(39)54-43(48)33-21-9-2-10-22-33/h1-30,38-41,45,50H,31H2/t38-,39-,40+,41-,45?/m1/s1. The van der Waals surface area contributed by atoms with Crippen molar-refractivity contribution in [1.82, 2.24) is 0 Å². The summed E-state index contributed by atoms with van der Waals surface area (Å²) in [7, 11) is 0. The summed E-state index contributed by atoms with van der Waals surface area (Å²) < 4.78 is 31.3. The van der Waals surface area contributed by atoms with E-state index in [1.807, 2.05) is 91.0 Å². The second-order valence-corrected chi connectivity index (χ2v) is 12.9. The lowest BCUT2D eigenvalue weighted by atomic mass is 9.80. The number of esters is 3. The Morgan fingerprint density at radius 2 is 0.764 bits per heavy atom. The van der Waals surface area contributed by atoms with Gasteiger partial charge in [0.15, 0.2) is 24.6 Å². The molecular formula is C46H38O9. The van der Waals surface area contributed by atoms with Gasteiger partial charge in [-0.2, -0.15) is 0 Å². The van der Waals surface area contributed by atoms with Crippen LogP contribution in [0.1, 0.15) is 47.8 Å². The summed E-state index contributed by atoms with van der Waals surface area (Å²) in [6.07, 6.45) is -7.70. The topological polar surface area (TPSA) is 118 Å². The Morgan fingerprint density at radius 3 is 1.13 bits per heavy atom. The third kappa shape index (κ3) is 8.24. The molecule has 1 fully saturated rings. The van der Waals surface area contributed by atoms with Crippen LogP contribution in [0.2, 0.25) is 0 Å². The number of carbonyl (C=O) groups is 3. The quantitative estimate of drug-likeness (QED) is 0.0781. The molecule has 0 radical (unpaired) electrons. The van der Waals surface area contributed by atoms with Crippen LogP contribution in [0, 0.1) is 0 Å². The largest absolute Gasteiger partial charge is 0.452 e. The molecule has 5 atom stereocenters. The number of hydrogen-bond donors (Lipinski definition) is 1. The van der Waals surface area contributed by atoms with Crippen LogP contribution in [-0.4, -0.2) is 60.3 Å². The highest BCUT2D eigenvalue weighted by Crippen LogP contribution is 2.41. The molecule has 7 rings (SSSR count). The molecule has 1 aliphatic rings. The fraction of sp³-hybridized carbons (Fsp3) is 0.152. The van der Waals surface area contributed by atoms with Gasteiger partial charge in [-0.15, -0.1) is 0 Å². The third-order valence-electron chi connectivity index (χ3n) is 9.37. The molecular weight excluding hydrogens is 696 g/mol. The van der Waals surface area contributed by atoms with Crippen LogP contribution in [0.5, 0.6) is 0 Å². The van der Waals surface area contributed by atoms with Gasteiger partial charge in [0, 0.05) is 0 Å². The Morgan fingerprint density at radius 1 is 0.455 bits per heavy atom. The van der Waals surface area contributed by atoms with E-state index < -0.39 is 54.2 Å². The number of carbonyl (C=O) groups excluding carboxylic acids is 3. The van der Waals surface area contributed by atoms with Crippen LogP contribution in [-0.2, 0) is 29.3 Å². The number of ether oxygens (including phenoxy) is 5. The summed E-state index contributed by atoms with van der Waals surface area (Å²) in [5.74, 6) is -2.37. The molecule has 0 amide bonds. The van der Waals surface area contributed by atoms with Crippen molar-refractivity contribution in [3.05, 3.63) is 215 Å². The molecule has 9 heteroatoms. The maximum absolute atomic E-state index is 13.8. The van der Waals surface area contributed by atoms with E-state index >= 15 is 0 Å². The minimum atomic E-state index is -1.83. The lowest BCUT2D eigenvalue weighted by molar-refractivity contribution is -0.289. The Bertz CT molecular complexity index is 2050. The van der Waals surface area contributed by atoms with E-state index in [4.69, 9.17) is 23.7 Å². The molecule has 0 saturated carbocycles. The summed E-state index contributed by atoms with van der Waals surface area (Å²) in [5.41, 5.74) is 1.75. The lowest BCUT2D eigenvalue weighted by Crippen LogP contribution is -2.62. The molecule has 1 heterocycles. The second kappa shape index (κ2) is 17.2. The summed E-state index contributed by atoms with van der Waals surface area (Å²) in [4.78, 5) is 41.0. The predicted octanol–water partition coefficient (Wildman–Crippen LogP) is 7.39. The average Bonchev–Trinajstić information content (AvgIpc) is 3.25. The molecule has 6 aromatic carbocycles. The fourth-order valence-electron chi connectivity index (χ4n) is 6.70. The monoisotopic (exact) mass is 734 g/mol. The number of aliphatic hydroxyl groups is 1. The first-order chi connectivity index (χ1) is 26.9. The zero-order chi connectivity index (χ0) is 38.0. The van der Waals surface area contributed by atoms with Gasteiger partial charge in [-0.1, -0.05) is 146 Å². The van der Waals surface area contributed by atoms with Gasteiger partial charge in [0.2, 0.25) is 0 Å². The smallest absolute Gasteiger partial charge is 0.338 e. The Hall–Kier alpha value is -6.39. The van der Waals surface area contributed by atoms with E-state index in [-0.39, 0.29) is 23.3 Å². The van der Waals surface area contributed by atoms with Gasteiger partial charge < -0.3 is 28.8 Å². The van der Waals surface area contributed by atoms with Crippen LogP contribution in [0.25, 0.3) is 0 Å². The zero-order valence-electron chi connectivity index (χ0n) is 29.6. The molecule has 1 unspecified atom stereocenters. The van der Waals surface area contributed by atoms with Gasteiger partial charge >= 0.3 is 17.9 Å². The van der Waals surface area contributed by atoms with Crippen molar-refractivity contribution >= 4 is 17.9 Å². The van der Waals surface area contributed by atoms with E-state index in [9.17, 15) is 19.5 Å². The van der Waals surface area contributed by atoms with E-state index in [1.165, 1.54) is 0 Å². The van der Waals surface area contributed by atoms with Crippen molar-refractivity contribution in [3.63, 3.8) is 0 Å². The minimum Gasteiger partial charge on any atom is -0.452 e. The lowest BCUT2D eigenvalue weighted by Gasteiger charge is -2.44. The molecule has 55 heavy (non-hydrogen) atoms. The third-order valence-corrected chi connectivity index (χ3v) is 9.37. The van der Waals surface area contributed by atoms with Crippen molar-refractivity contribution < 1.29 is 43.2 Å². The summed E-state index contributed by atoms with van der Waals surface area (Å²) in [6, 6.07) is 53.5. The number of benzene rings is 6. The molecule has 6 aromatic rings.